The van der Waals surface area contributed by atoms with Crippen LogP contribution in [0, 0.1) is 0 Å². The summed E-state index contributed by atoms with van der Waals surface area (Å²) in [6.45, 7) is 0. The molecule has 1 aliphatic heterocycles. The molecule has 1 nitrogen and oxygen atoms in total. The van der Waals surface area contributed by atoms with Crippen molar-refractivity contribution in [2.24, 2.45) is 0 Å². The second kappa shape index (κ2) is 4.56. The van der Waals surface area contributed by atoms with Crippen molar-refractivity contribution in [3.05, 3.63) is 34.9 Å². The molecule has 2 atom stereocenters. The van der Waals surface area contributed by atoms with Gasteiger partial charge in [-0.2, -0.15) is 11.8 Å². The van der Waals surface area contributed by atoms with Gasteiger partial charge in [-0.05, 0) is 36.3 Å². The van der Waals surface area contributed by atoms with Crippen molar-refractivity contribution >= 4 is 23.4 Å². The standard InChI is InChI=1S/C11H13ClOS/c12-9-4-1-3-8(7-9)11(13)10-5-2-6-14-10/h1,3-4,7,10-11,13H,2,5-6H2. The zero-order valence-electron chi connectivity index (χ0n) is 7.82. The molecule has 1 heterocycles. The maximum atomic E-state index is 10.1. The SMILES string of the molecule is OC(c1cccc(Cl)c1)C1CCCS1. The Balaban J connectivity index is 2.13. The van der Waals surface area contributed by atoms with Crippen LogP contribution in [0.15, 0.2) is 24.3 Å². The van der Waals surface area contributed by atoms with Gasteiger partial charge >= 0.3 is 0 Å². The predicted octanol–water partition coefficient (Wildman–Crippen LogP) is 3.27. The number of hydrogen-bond donors (Lipinski definition) is 1. The quantitative estimate of drug-likeness (QED) is 0.839. The highest BCUT2D eigenvalue weighted by molar-refractivity contribution is 8.00. The third-order valence-electron chi connectivity index (χ3n) is 2.51. The molecule has 1 aromatic rings. The van der Waals surface area contributed by atoms with E-state index in [0.29, 0.717) is 10.3 Å². The molecular formula is C11H13ClOS. The van der Waals surface area contributed by atoms with Crippen molar-refractivity contribution in [3.8, 4) is 0 Å². The fourth-order valence-electron chi connectivity index (χ4n) is 1.76. The molecule has 1 aromatic carbocycles. The number of thioether (sulfide) groups is 1. The monoisotopic (exact) mass is 228 g/mol. The van der Waals surface area contributed by atoms with Crippen molar-refractivity contribution in [2.45, 2.75) is 24.2 Å². The fourth-order valence-corrected chi connectivity index (χ4v) is 3.26. The second-order valence-corrected chi connectivity index (χ2v) is 5.33. The Bertz CT molecular complexity index is 310. The summed E-state index contributed by atoms with van der Waals surface area (Å²) in [6, 6.07) is 7.51. The first-order valence-corrected chi connectivity index (χ1v) is 6.25. The van der Waals surface area contributed by atoms with Crippen molar-refractivity contribution in [3.63, 3.8) is 0 Å². The Morgan fingerprint density at radius 2 is 2.36 bits per heavy atom. The third-order valence-corrected chi connectivity index (χ3v) is 4.19. The smallest absolute Gasteiger partial charge is 0.0909 e. The van der Waals surface area contributed by atoms with Crippen LogP contribution in [0.25, 0.3) is 0 Å². The van der Waals surface area contributed by atoms with Crippen LogP contribution in [0.2, 0.25) is 5.02 Å². The Labute approximate surface area is 93.5 Å². The van der Waals surface area contributed by atoms with Crippen molar-refractivity contribution < 1.29 is 5.11 Å². The van der Waals surface area contributed by atoms with Gasteiger partial charge in [0.1, 0.15) is 0 Å². The maximum Gasteiger partial charge on any atom is 0.0909 e. The van der Waals surface area contributed by atoms with Gasteiger partial charge in [0.25, 0.3) is 0 Å². The number of rotatable bonds is 2. The molecular weight excluding hydrogens is 216 g/mol. The average Bonchev–Trinajstić information content (AvgIpc) is 2.69. The highest BCUT2D eigenvalue weighted by Gasteiger charge is 2.24. The van der Waals surface area contributed by atoms with E-state index in [4.69, 9.17) is 11.6 Å². The lowest BCUT2D eigenvalue weighted by Crippen LogP contribution is -2.11. The first-order valence-electron chi connectivity index (χ1n) is 4.82. The van der Waals surface area contributed by atoms with Crippen molar-refractivity contribution in [2.75, 3.05) is 5.75 Å². The number of aliphatic hydroxyl groups excluding tert-OH is 1. The van der Waals surface area contributed by atoms with Gasteiger partial charge in [-0.1, -0.05) is 23.7 Å². The molecule has 0 aliphatic carbocycles. The van der Waals surface area contributed by atoms with E-state index in [9.17, 15) is 5.11 Å². The van der Waals surface area contributed by atoms with E-state index in [2.05, 4.69) is 0 Å². The second-order valence-electron chi connectivity index (χ2n) is 3.55. The molecule has 0 spiro atoms. The molecule has 1 aliphatic rings. The number of aliphatic hydroxyl groups is 1. The van der Waals surface area contributed by atoms with Crippen LogP contribution >= 0.6 is 23.4 Å². The first kappa shape index (κ1) is 10.3. The van der Waals surface area contributed by atoms with Crippen molar-refractivity contribution in [1.82, 2.24) is 0 Å². The molecule has 14 heavy (non-hydrogen) atoms. The maximum absolute atomic E-state index is 10.1. The van der Waals surface area contributed by atoms with Gasteiger partial charge in [-0.25, -0.2) is 0 Å². The predicted molar refractivity (Wildman–Crippen MR) is 61.9 cm³/mol. The minimum absolute atomic E-state index is 0.355. The van der Waals surface area contributed by atoms with E-state index in [1.54, 1.807) is 0 Å². The molecule has 1 saturated heterocycles. The van der Waals surface area contributed by atoms with E-state index in [1.165, 1.54) is 12.2 Å². The molecule has 2 unspecified atom stereocenters. The summed E-state index contributed by atoms with van der Waals surface area (Å²) >= 11 is 7.74. The van der Waals surface area contributed by atoms with Gasteiger partial charge < -0.3 is 5.11 Å². The summed E-state index contributed by atoms with van der Waals surface area (Å²) in [7, 11) is 0. The van der Waals surface area contributed by atoms with Crippen LogP contribution in [-0.2, 0) is 0 Å². The van der Waals surface area contributed by atoms with Crippen LogP contribution in [0.4, 0.5) is 0 Å². The Kier molecular flexibility index (Phi) is 3.37. The zero-order valence-corrected chi connectivity index (χ0v) is 9.39. The fraction of sp³-hybridized carbons (Fsp3) is 0.455. The van der Waals surface area contributed by atoms with E-state index in [0.717, 1.165) is 12.0 Å². The van der Waals surface area contributed by atoms with Crippen LogP contribution in [0.3, 0.4) is 0 Å². The molecule has 1 fully saturated rings. The summed E-state index contributed by atoms with van der Waals surface area (Å²) < 4.78 is 0. The molecule has 2 rings (SSSR count). The molecule has 0 bridgehead atoms. The van der Waals surface area contributed by atoms with Crippen LogP contribution in [0.5, 0.6) is 0 Å². The van der Waals surface area contributed by atoms with Gasteiger partial charge in [0.2, 0.25) is 0 Å². The normalized spacial score (nSPS) is 23.7. The van der Waals surface area contributed by atoms with Crippen LogP contribution in [0.1, 0.15) is 24.5 Å². The summed E-state index contributed by atoms with van der Waals surface area (Å²) in [4.78, 5) is 0. The molecule has 76 valence electrons. The van der Waals surface area contributed by atoms with E-state index < -0.39 is 0 Å². The molecule has 0 radical (unpaired) electrons. The topological polar surface area (TPSA) is 20.2 Å². The Morgan fingerprint density at radius 1 is 1.50 bits per heavy atom. The third kappa shape index (κ3) is 2.25. The number of benzene rings is 1. The summed E-state index contributed by atoms with van der Waals surface area (Å²) in [6.07, 6.45) is 1.96. The van der Waals surface area contributed by atoms with E-state index >= 15 is 0 Å². The lowest BCUT2D eigenvalue weighted by atomic mass is 10.0. The highest BCUT2D eigenvalue weighted by Crippen LogP contribution is 2.36. The van der Waals surface area contributed by atoms with Gasteiger partial charge in [0, 0.05) is 10.3 Å². The average molecular weight is 229 g/mol. The summed E-state index contributed by atoms with van der Waals surface area (Å²) in [5, 5.41) is 11.1. The minimum Gasteiger partial charge on any atom is -0.387 e. The van der Waals surface area contributed by atoms with Gasteiger partial charge in [0.05, 0.1) is 6.10 Å². The zero-order chi connectivity index (χ0) is 9.97. The van der Waals surface area contributed by atoms with Gasteiger partial charge in [-0.3, -0.25) is 0 Å². The molecule has 0 saturated carbocycles. The van der Waals surface area contributed by atoms with Crippen molar-refractivity contribution in [1.29, 1.82) is 0 Å². The van der Waals surface area contributed by atoms with Gasteiger partial charge in [-0.15, -0.1) is 0 Å². The van der Waals surface area contributed by atoms with E-state index in [1.807, 2.05) is 36.0 Å². The van der Waals surface area contributed by atoms with Crippen LogP contribution in [-0.4, -0.2) is 16.1 Å². The minimum atomic E-state index is -0.360. The first-order chi connectivity index (χ1) is 6.77. The molecule has 0 aromatic heterocycles. The number of hydrogen-bond acceptors (Lipinski definition) is 2. The summed E-state index contributed by atoms with van der Waals surface area (Å²) in [5.41, 5.74) is 0.942. The lowest BCUT2D eigenvalue weighted by molar-refractivity contribution is 0.173. The molecule has 3 heteroatoms. The van der Waals surface area contributed by atoms with Gasteiger partial charge in [0.15, 0.2) is 0 Å². The Hall–Kier alpha value is -0.180. The lowest BCUT2D eigenvalue weighted by Gasteiger charge is -2.17. The molecule has 0 amide bonds. The highest BCUT2D eigenvalue weighted by atomic mass is 35.5. The number of halogens is 1. The van der Waals surface area contributed by atoms with Crippen LogP contribution < -0.4 is 0 Å². The largest absolute Gasteiger partial charge is 0.387 e. The van der Waals surface area contributed by atoms with E-state index in [-0.39, 0.29) is 6.10 Å². The Morgan fingerprint density at radius 3 is 3.00 bits per heavy atom. The molecule has 1 N–H and O–H groups in total. The summed E-state index contributed by atoms with van der Waals surface area (Å²) in [5.74, 6) is 1.17.